The van der Waals surface area contributed by atoms with E-state index >= 15 is 0 Å². The maximum absolute atomic E-state index is 11.8. The zero-order chi connectivity index (χ0) is 18.0. The van der Waals surface area contributed by atoms with Crippen molar-refractivity contribution in [3.63, 3.8) is 0 Å². The van der Waals surface area contributed by atoms with Crippen LogP contribution in [0.15, 0.2) is 42.7 Å². The number of carbonyl (C=O) groups excluding carboxylic acids is 1. The highest BCUT2D eigenvalue weighted by Gasteiger charge is 2.13. The van der Waals surface area contributed by atoms with Gasteiger partial charge >= 0.3 is 0 Å². The molecular formula is C19H25N5O2. The Morgan fingerprint density at radius 2 is 1.92 bits per heavy atom. The van der Waals surface area contributed by atoms with Gasteiger partial charge in [0, 0.05) is 32.2 Å². The first kappa shape index (κ1) is 18.1. The van der Waals surface area contributed by atoms with E-state index in [9.17, 15) is 4.79 Å². The summed E-state index contributed by atoms with van der Waals surface area (Å²) in [7, 11) is 0. The molecule has 0 unspecified atom stereocenters. The molecule has 138 valence electrons. The van der Waals surface area contributed by atoms with Crippen LogP contribution >= 0.6 is 0 Å². The topological polar surface area (TPSA) is 79.4 Å². The number of carbonyl (C=O) groups is 1. The minimum Gasteiger partial charge on any atom is -0.368 e. The van der Waals surface area contributed by atoms with Crippen molar-refractivity contribution in [3.8, 4) is 0 Å². The molecule has 0 atom stereocenters. The molecule has 1 aromatic carbocycles. The van der Waals surface area contributed by atoms with Gasteiger partial charge in [-0.2, -0.15) is 0 Å². The van der Waals surface area contributed by atoms with Crippen molar-refractivity contribution in [2.75, 3.05) is 43.0 Å². The largest absolute Gasteiger partial charge is 0.368 e. The molecule has 0 spiro atoms. The van der Waals surface area contributed by atoms with Crippen LogP contribution < -0.4 is 15.5 Å². The van der Waals surface area contributed by atoms with Crippen molar-refractivity contribution < 1.29 is 9.53 Å². The van der Waals surface area contributed by atoms with Crippen molar-refractivity contribution in [1.82, 2.24) is 15.3 Å². The van der Waals surface area contributed by atoms with Crippen LogP contribution in [0.5, 0.6) is 0 Å². The molecule has 2 N–H and O–H groups in total. The van der Waals surface area contributed by atoms with E-state index in [-0.39, 0.29) is 12.5 Å². The fourth-order valence-corrected chi connectivity index (χ4v) is 2.84. The zero-order valence-electron chi connectivity index (χ0n) is 14.9. The normalized spacial score (nSPS) is 13.6. The van der Waals surface area contributed by atoms with Gasteiger partial charge in [0.1, 0.15) is 24.6 Å². The number of amides is 1. The second-order valence-corrected chi connectivity index (χ2v) is 6.21. The monoisotopic (exact) mass is 355 g/mol. The fourth-order valence-electron chi connectivity index (χ4n) is 2.84. The first-order valence-corrected chi connectivity index (χ1v) is 9.00. The second-order valence-electron chi connectivity index (χ2n) is 6.21. The molecule has 7 heteroatoms. The van der Waals surface area contributed by atoms with Gasteiger partial charge < -0.3 is 20.3 Å². The summed E-state index contributed by atoms with van der Waals surface area (Å²) < 4.78 is 5.41. The molecule has 2 aromatic rings. The lowest BCUT2D eigenvalue weighted by molar-refractivity contribution is -0.126. The summed E-state index contributed by atoms with van der Waals surface area (Å²) in [5.74, 6) is 1.61. The van der Waals surface area contributed by atoms with Crippen molar-refractivity contribution in [3.05, 3.63) is 48.3 Å². The number of nitrogens with zero attached hydrogens (tertiary/aromatic N) is 3. The summed E-state index contributed by atoms with van der Waals surface area (Å²) >= 11 is 0. The summed E-state index contributed by atoms with van der Waals surface area (Å²) in [6.45, 7) is 3.71. The third kappa shape index (κ3) is 5.70. The smallest absolute Gasteiger partial charge is 0.246 e. The van der Waals surface area contributed by atoms with Crippen LogP contribution in [0.1, 0.15) is 18.4 Å². The molecule has 2 heterocycles. The average molecular weight is 355 g/mol. The predicted molar refractivity (Wildman–Crippen MR) is 101 cm³/mol. The van der Waals surface area contributed by atoms with Crippen LogP contribution in [-0.4, -0.2) is 48.7 Å². The maximum Gasteiger partial charge on any atom is 0.246 e. The molecule has 26 heavy (non-hydrogen) atoms. The zero-order valence-corrected chi connectivity index (χ0v) is 14.9. The Kier molecular flexibility index (Phi) is 6.78. The maximum atomic E-state index is 11.8. The second kappa shape index (κ2) is 9.72. The van der Waals surface area contributed by atoms with Crippen molar-refractivity contribution in [2.45, 2.75) is 19.4 Å². The van der Waals surface area contributed by atoms with Gasteiger partial charge in [-0.1, -0.05) is 30.3 Å². The molecule has 1 aliphatic heterocycles. The van der Waals surface area contributed by atoms with Gasteiger partial charge in [-0.25, -0.2) is 9.97 Å². The molecule has 0 radical (unpaired) electrons. The first-order valence-electron chi connectivity index (χ1n) is 9.00. The van der Waals surface area contributed by atoms with Crippen molar-refractivity contribution in [2.24, 2.45) is 0 Å². The molecule has 1 aliphatic rings. The lowest BCUT2D eigenvalue weighted by Crippen LogP contribution is -2.31. The van der Waals surface area contributed by atoms with Gasteiger partial charge in [0.15, 0.2) is 0 Å². The number of rotatable bonds is 9. The molecule has 3 rings (SSSR count). The highest BCUT2D eigenvalue weighted by molar-refractivity contribution is 5.77. The van der Waals surface area contributed by atoms with Crippen molar-refractivity contribution in [1.29, 1.82) is 0 Å². The Labute approximate surface area is 153 Å². The molecule has 1 fully saturated rings. The minimum absolute atomic E-state index is 0.0571. The Hall–Kier alpha value is -2.67. The predicted octanol–water partition coefficient (Wildman–Crippen LogP) is 1.82. The van der Waals surface area contributed by atoms with Gasteiger partial charge in [0.25, 0.3) is 0 Å². The van der Waals surface area contributed by atoms with E-state index in [1.165, 1.54) is 12.8 Å². The lowest BCUT2D eigenvalue weighted by atomic mass is 10.2. The Morgan fingerprint density at radius 1 is 1.12 bits per heavy atom. The van der Waals surface area contributed by atoms with Crippen LogP contribution in [0.4, 0.5) is 11.6 Å². The van der Waals surface area contributed by atoms with Crippen LogP contribution in [0, 0.1) is 0 Å². The number of hydrogen-bond acceptors (Lipinski definition) is 6. The summed E-state index contributed by atoms with van der Waals surface area (Å²) in [6.07, 6.45) is 4.00. The highest BCUT2D eigenvalue weighted by atomic mass is 16.5. The third-order valence-electron chi connectivity index (χ3n) is 4.18. The molecular weight excluding hydrogens is 330 g/mol. The van der Waals surface area contributed by atoms with Gasteiger partial charge in [-0.15, -0.1) is 0 Å². The molecule has 7 nitrogen and oxygen atoms in total. The van der Waals surface area contributed by atoms with E-state index in [2.05, 4.69) is 25.5 Å². The molecule has 0 saturated carbocycles. The van der Waals surface area contributed by atoms with Crippen LogP contribution in [-0.2, 0) is 16.1 Å². The van der Waals surface area contributed by atoms with Crippen LogP contribution in [0.25, 0.3) is 0 Å². The van der Waals surface area contributed by atoms with Gasteiger partial charge in [-0.05, 0) is 18.4 Å². The first-order chi connectivity index (χ1) is 12.8. The number of benzene rings is 1. The quantitative estimate of drug-likeness (QED) is 0.668. The summed E-state index contributed by atoms with van der Waals surface area (Å²) in [4.78, 5) is 22.6. The number of hydrogen-bond donors (Lipinski definition) is 2. The van der Waals surface area contributed by atoms with E-state index < -0.39 is 0 Å². The van der Waals surface area contributed by atoms with Gasteiger partial charge in [0.05, 0.1) is 6.61 Å². The van der Waals surface area contributed by atoms with Crippen molar-refractivity contribution >= 4 is 17.5 Å². The molecule has 1 saturated heterocycles. The van der Waals surface area contributed by atoms with E-state index in [1.54, 1.807) is 6.33 Å². The Balaban J connectivity index is 1.31. The van der Waals surface area contributed by atoms with Crippen LogP contribution in [0.3, 0.4) is 0 Å². The van der Waals surface area contributed by atoms with E-state index in [0.717, 1.165) is 30.3 Å². The molecule has 1 amide bonds. The summed E-state index contributed by atoms with van der Waals surface area (Å²) in [5, 5.41) is 6.04. The number of anilines is 2. The summed E-state index contributed by atoms with van der Waals surface area (Å²) in [5.41, 5.74) is 1.06. The van der Waals surface area contributed by atoms with E-state index in [1.807, 2.05) is 36.4 Å². The van der Waals surface area contributed by atoms with E-state index in [0.29, 0.717) is 19.7 Å². The lowest BCUT2D eigenvalue weighted by Gasteiger charge is -2.16. The fraction of sp³-hybridized carbons (Fsp3) is 0.421. The molecule has 1 aromatic heterocycles. The molecule has 0 aliphatic carbocycles. The van der Waals surface area contributed by atoms with Gasteiger partial charge in [-0.3, -0.25) is 4.79 Å². The third-order valence-corrected chi connectivity index (χ3v) is 4.18. The highest BCUT2D eigenvalue weighted by Crippen LogP contribution is 2.18. The number of aromatic nitrogens is 2. The van der Waals surface area contributed by atoms with Gasteiger partial charge in [0.2, 0.25) is 5.91 Å². The summed E-state index contributed by atoms with van der Waals surface area (Å²) in [6, 6.07) is 11.8. The average Bonchev–Trinajstić information content (AvgIpc) is 3.21. The minimum atomic E-state index is -0.122. The Bertz CT molecular complexity index is 689. The molecule has 0 bridgehead atoms. The Morgan fingerprint density at radius 3 is 2.73 bits per heavy atom. The SMILES string of the molecule is O=C(COCc1ccccc1)NCCNc1cc(N2CCCC2)ncn1. The standard InChI is InChI=1S/C19H25N5O2/c25-19(14-26-13-16-6-2-1-3-7-16)21-9-8-20-17-12-18(23-15-22-17)24-10-4-5-11-24/h1-3,6-7,12,15H,4-5,8-11,13-14H2,(H,21,25)(H,20,22,23). The number of nitrogens with one attached hydrogen (secondary N) is 2. The number of ether oxygens (including phenoxy) is 1. The van der Waals surface area contributed by atoms with Crippen LogP contribution in [0.2, 0.25) is 0 Å². The van der Waals surface area contributed by atoms with E-state index in [4.69, 9.17) is 4.74 Å².